The number of nitriles is 1. The number of nitro benzene ring substituents is 1. The van der Waals surface area contributed by atoms with Crippen molar-refractivity contribution in [3.63, 3.8) is 0 Å². The molecule has 0 saturated carbocycles. The highest BCUT2D eigenvalue weighted by molar-refractivity contribution is 5.95. The minimum Gasteiger partial charge on any atom is -0.258 e. The summed E-state index contributed by atoms with van der Waals surface area (Å²) in [6.07, 6.45) is 0. The van der Waals surface area contributed by atoms with E-state index >= 15 is 0 Å². The number of hydrogen-bond donors (Lipinski definition) is 0. The summed E-state index contributed by atoms with van der Waals surface area (Å²) in [6, 6.07) is 19.8. The van der Waals surface area contributed by atoms with Crippen molar-refractivity contribution in [1.29, 1.82) is 5.26 Å². The van der Waals surface area contributed by atoms with Crippen LogP contribution in [-0.4, -0.2) is 4.92 Å². The minimum absolute atomic E-state index is 0.00396. The quantitative estimate of drug-likeness (QED) is 0.517. The van der Waals surface area contributed by atoms with Crippen LogP contribution in [0.2, 0.25) is 0 Å². The van der Waals surface area contributed by atoms with Crippen molar-refractivity contribution in [2.75, 3.05) is 0 Å². The van der Waals surface area contributed by atoms with Gasteiger partial charge in [-0.25, -0.2) is 0 Å². The van der Waals surface area contributed by atoms with Gasteiger partial charge in [-0.15, -0.1) is 0 Å². The Kier molecular flexibility index (Phi) is 3.09. The van der Waals surface area contributed by atoms with Crippen LogP contribution in [0.5, 0.6) is 0 Å². The van der Waals surface area contributed by atoms with Crippen LogP contribution < -0.4 is 0 Å². The molecule has 0 atom stereocenters. The summed E-state index contributed by atoms with van der Waals surface area (Å²) in [5.74, 6) is 0. The van der Waals surface area contributed by atoms with Crippen molar-refractivity contribution in [2.45, 2.75) is 0 Å². The fraction of sp³-hybridized carbons (Fsp3) is 0. The number of nitrogens with zero attached hydrogens (tertiary/aromatic N) is 2. The number of fused-ring (bicyclic) bond motifs is 1. The predicted molar refractivity (Wildman–Crippen MR) is 80.8 cm³/mol. The van der Waals surface area contributed by atoms with E-state index in [1.165, 1.54) is 6.07 Å². The second kappa shape index (κ2) is 5.06. The molecule has 4 heteroatoms. The Hall–Kier alpha value is -3.19. The minimum atomic E-state index is -0.425. The molecule has 100 valence electrons. The molecular weight excluding hydrogens is 264 g/mol. The molecule has 0 heterocycles. The number of rotatable bonds is 2. The van der Waals surface area contributed by atoms with Gasteiger partial charge in [0.1, 0.15) is 6.07 Å². The van der Waals surface area contributed by atoms with E-state index in [-0.39, 0.29) is 5.69 Å². The number of para-hydroxylation sites is 1. The van der Waals surface area contributed by atoms with Gasteiger partial charge >= 0.3 is 0 Å². The average Bonchev–Trinajstić information content (AvgIpc) is 2.53. The van der Waals surface area contributed by atoms with E-state index in [1.54, 1.807) is 24.3 Å². The van der Waals surface area contributed by atoms with Crippen molar-refractivity contribution >= 4 is 16.5 Å². The van der Waals surface area contributed by atoms with E-state index in [1.807, 2.05) is 30.3 Å². The monoisotopic (exact) mass is 274 g/mol. The van der Waals surface area contributed by atoms with E-state index in [4.69, 9.17) is 0 Å². The molecule has 0 bridgehead atoms. The predicted octanol–water partition coefficient (Wildman–Crippen LogP) is 4.29. The molecule has 3 aromatic carbocycles. The number of benzene rings is 3. The Morgan fingerprint density at radius 2 is 1.62 bits per heavy atom. The molecule has 0 fully saturated rings. The number of hydrogen-bond acceptors (Lipinski definition) is 3. The Morgan fingerprint density at radius 1 is 0.905 bits per heavy atom. The molecule has 3 aromatic rings. The molecule has 0 spiro atoms. The van der Waals surface area contributed by atoms with Crippen molar-refractivity contribution in [3.8, 4) is 17.2 Å². The maximum Gasteiger partial charge on any atom is 0.277 e. The first kappa shape index (κ1) is 12.8. The van der Waals surface area contributed by atoms with Gasteiger partial charge in [0.05, 0.1) is 16.1 Å². The van der Waals surface area contributed by atoms with Crippen LogP contribution in [0.4, 0.5) is 5.69 Å². The second-order valence-corrected chi connectivity index (χ2v) is 4.60. The van der Waals surface area contributed by atoms with E-state index in [2.05, 4.69) is 6.07 Å². The Labute approximate surface area is 121 Å². The molecule has 0 aliphatic heterocycles. The highest BCUT2D eigenvalue weighted by Crippen LogP contribution is 2.35. The topological polar surface area (TPSA) is 66.9 Å². The summed E-state index contributed by atoms with van der Waals surface area (Å²) in [4.78, 5) is 10.8. The lowest BCUT2D eigenvalue weighted by Crippen LogP contribution is -1.94. The first-order valence-electron chi connectivity index (χ1n) is 6.38. The van der Waals surface area contributed by atoms with Gasteiger partial charge in [0.25, 0.3) is 5.69 Å². The summed E-state index contributed by atoms with van der Waals surface area (Å²) < 4.78 is 0. The van der Waals surface area contributed by atoms with Crippen molar-refractivity contribution in [3.05, 3.63) is 76.3 Å². The molecule has 0 aliphatic carbocycles. The van der Waals surface area contributed by atoms with Crippen LogP contribution in [0, 0.1) is 21.4 Å². The van der Waals surface area contributed by atoms with Gasteiger partial charge in [0.2, 0.25) is 0 Å². The molecular formula is C17H10N2O2. The summed E-state index contributed by atoms with van der Waals surface area (Å²) >= 11 is 0. The van der Waals surface area contributed by atoms with E-state index in [0.717, 1.165) is 10.8 Å². The zero-order chi connectivity index (χ0) is 14.8. The number of nitro groups is 1. The van der Waals surface area contributed by atoms with Crippen LogP contribution >= 0.6 is 0 Å². The maximum absolute atomic E-state index is 11.2. The van der Waals surface area contributed by atoms with Gasteiger partial charge in [-0.3, -0.25) is 10.1 Å². The lowest BCUT2D eigenvalue weighted by atomic mass is 9.94. The average molecular weight is 274 g/mol. The van der Waals surface area contributed by atoms with Gasteiger partial charge in [-0.2, -0.15) is 5.26 Å². The lowest BCUT2D eigenvalue weighted by molar-refractivity contribution is -0.384. The third-order valence-corrected chi connectivity index (χ3v) is 3.43. The van der Waals surface area contributed by atoms with Crippen LogP contribution in [0.15, 0.2) is 60.7 Å². The summed E-state index contributed by atoms with van der Waals surface area (Å²) in [5.41, 5.74) is 1.51. The molecule has 0 aromatic heterocycles. The lowest BCUT2D eigenvalue weighted by Gasteiger charge is -2.08. The molecule has 0 aliphatic rings. The van der Waals surface area contributed by atoms with Crippen LogP contribution in [0.1, 0.15) is 5.56 Å². The van der Waals surface area contributed by atoms with Crippen LogP contribution in [0.3, 0.4) is 0 Å². The Morgan fingerprint density at radius 3 is 2.38 bits per heavy atom. The van der Waals surface area contributed by atoms with Crippen molar-refractivity contribution < 1.29 is 4.92 Å². The van der Waals surface area contributed by atoms with E-state index in [0.29, 0.717) is 16.7 Å². The van der Waals surface area contributed by atoms with Crippen LogP contribution in [0.25, 0.3) is 21.9 Å². The van der Waals surface area contributed by atoms with E-state index < -0.39 is 4.92 Å². The zero-order valence-electron chi connectivity index (χ0n) is 11.0. The normalized spacial score (nSPS) is 10.2. The maximum atomic E-state index is 11.2. The molecule has 0 N–H and O–H groups in total. The van der Waals surface area contributed by atoms with Crippen LogP contribution in [-0.2, 0) is 0 Å². The molecule has 21 heavy (non-hydrogen) atoms. The first-order valence-corrected chi connectivity index (χ1v) is 6.38. The summed E-state index contributed by atoms with van der Waals surface area (Å²) in [7, 11) is 0. The largest absolute Gasteiger partial charge is 0.277 e. The van der Waals surface area contributed by atoms with Gasteiger partial charge in [0, 0.05) is 17.0 Å². The summed E-state index contributed by atoms with van der Waals surface area (Å²) in [6.45, 7) is 0. The van der Waals surface area contributed by atoms with Gasteiger partial charge in [0.15, 0.2) is 0 Å². The highest BCUT2D eigenvalue weighted by atomic mass is 16.6. The van der Waals surface area contributed by atoms with Gasteiger partial charge in [-0.1, -0.05) is 48.5 Å². The van der Waals surface area contributed by atoms with Gasteiger partial charge in [-0.05, 0) is 11.5 Å². The molecule has 4 nitrogen and oxygen atoms in total. The third kappa shape index (κ3) is 2.11. The Bertz CT molecular complexity index is 895. The smallest absolute Gasteiger partial charge is 0.258 e. The fourth-order valence-corrected chi connectivity index (χ4v) is 2.48. The molecule has 0 amide bonds. The molecule has 0 saturated heterocycles. The fourth-order valence-electron chi connectivity index (χ4n) is 2.48. The molecule has 0 unspecified atom stereocenters. The van der Waals surface area contributed by atoms with Crippen molar-refractivity contribution in [2.24, 2.45) is 0 Å². The first-order chi connectivity index (χ1) is 10.2. The third-order valence-electron chi connectivity index (χ3n) is 3.43. The molecule has 3 rings (SSSR count). The summed E-state index contributed by atoms with van der Waals surface area (Å²) in [5, 5.41) is 22.4. The highest BCUT2D eigenvalue weighted by Gasteiger charge is 2.18. The van der Waals surface area contributed by atoms with Gasteiger partial charge < -0.3 is 0 Å². The Balaban J connectivity index is 2.37. The van der Waals surface area contributed by atoms with Crippen molar-refractivity contribution in [1.82, 2.24) is 0 Å². The molecule has 0 radical (unpaired) electrons. The SMILES string of the molecule is N#Cc1c(-c2ccccc2[N+](=O)[O-])ccc2ccccc12. The standard InChI is InChI=1S/C17H10N2O2/c18-11-16-13-6-2-1-5-12(13)9-10-14(16)15-7-3-4-8-17(15)19(20)21/h1-10H. The zero-order valence-corrected chi connectivity index (χ0v) is 11.0. The second-order valence-electron chi connectivity index (χ2n) is 4.60. The van der Waals surface area contributed by atoms with E-state index in [9.17, 15) is 15.4 Å².